The first-order chi connectivity index (χ1) is 14.5. The summed E-state index contributed by atoms with van der Waals surface area (Å²) in [6.07, 6.45) is 17.2. The first-order valence-corrected chi connectivity index (χ1v) is 14.1. The molecule has 6 saturated carbocycles. The van der Waals surface area contributed by atoms with E-state index < -0.39 is 0 Å². The predicted octanol–water partition coefficient (Wildman–Crippen LogP) is 7.86. The van der Waals surface area contributed by atoms with Crippen LogP contribution in [0.25, 0.3) is 0 Å². The van der Waals surface area contributed by atoms with Crippen molar-refractivity contribution in [3.05, 3.63) is 0 Å². The third-order valence-corrected chi connectivity index (χ3v) is 14.7. The molecule has 31 heavy (non-hydrogen) atoms. The maximum absolute atomic E-state index is 10.5. The van der Waals surface area contributed by atoms with Crippen molar-refractivity contribution < 1.29 is 5.11 Å². The van der Waals surface area contributed by atoms with Gasteiger partial charge in [0.25, 0.3) is 0 Å². The lowest BCUT2D eigenvalue weighted by Crippen LogP contribution is -2.66. The number of hydrogen-bond acceptors (Lipinski definition) is 1. The molecule has 1 nitrogen and oxygen atoms in total. The molecular weight excluding hydrogens is 376 g/mol. The average Bonchev–Trinajstić information content (AvgIpc) is 3.45. The van der Waals surface area contributed by atoms with E-state index >= 15 is 0 Å². The molecule has 0 heterocycles. The first-order valence-electron chi connectivity index (χ1n) is 14.1. The summed E-state index contributed by atoms with van der Waals surface area (Å²) in [4.78, 5) is 0. The quantitative estimate of drug-likeness (QED) is 0.452. The fourth-order valence-corrected chi connectivity index (χ4v) is 12.5. The molecule has 6 rings (SSSR count). The maximum Gasteiger partial charge on any atom is 0.0490 e. The second-order valence-corrected chi connectivity index (χ2v) is 15.2. The number of fused-ring (bicyclic) bond motifs is 7. The fourth-order valence-electron chi connectivity index (χ4n) is 12.5. The van der Waals surface area contributed by atoms with Gasteiger partial charge >= 0.3 is 0 Å². The Kier molecular flexibility index (Phi) is 4.26. The molecule has 0 aromatic heterocycles. The minimum absolute atomic E-state index is 0.263. The predicted molar refractivity (Wildman–Crippen MR) is 129 cm³/mol. The summed E-state index contributed by atoms with van der Waals surface area (Å²) in [5.74, 6) is 4.27. The molecule has 0 radical (unpaired) electrons. The van der Waals surface area contributed by atoms with Gasteiger partial charge in [0.1, 0.15) is 0 Å². The number of rotatable bonds is 1. The smallest absolute Gasteiger partial charge is 0.0490 e. The Bertz CT molecular complexity index is 764. The summed E-state index contributed by atoms with van der Waals surface area (Å²) in [7, 11) is 0. The largest absolute Gasteiger partial charge is 0.396 e. The van der Waals surface area contributed by atoms with Crippen LogP contribution < -0.4 is 0 Å². The normalized spacial score (nSPS) is 58.7. The molecule has 0 aliphatic heterocycles. The Balaban J connectivity index is 1.38. The van der Waals surface area contributed by atoms with E-state index in [0.717, 1.165) is 29.6 Å². The van der Waals surface area contributed by atoms with E-state index in [1.165, 1.54) is 77.0 Å². The summed E-state index contributed by atoms with van der Waals surface area (Å²) >= 11 is 0. The van der Waals surface area contributed by atoms with Gasteiger partial charge in [0.2, 0.25) is 0 Å². The van der Waals surface area contributed by atoms with Crippen LogP contribution in [0.15, 0.2) is 0 Å². The number of hydrogen-bond donors (Lipinski definition) is 1. The van der Waals surface area contributed by atoms with Crippen LogP contribution in [0.2, 0.25) is 0 Å². The van der Waals surface area contributed by atoms with Crippen LogP contribution >= 0.6 is 0 Å². The summed E-state index contributed by atoms with van der Waals surface area (Å²) < 4.78 is 0. The third kappa shape index (κ3) is 2.30. The molecule has 1 spiro atoms. The van der Waals surface area contributed by atoms with Gasteiger partial charge in [0, 0.05) is 6.61 Å². The second-order valence-electron chi connectivity index (χ2n) is 15.2. The molecule has 6 aliphatic rings. The van der Waals surface area contributed by atoms with Gasteiger partial charge in [-0.25, -0.2) is 0 Å². The van der Waals surface area contributed by atoms with Crippen LogP contribution in [0, 0.1) is 62.1 Å². The van der Waals surface area contributed by atoms with E-state index in [9.17, 15) is 5.11 Å². The second kappa shape index (κ2) is 6.14. The Labute approximate surface area is 192 Å². The number of aliphatic hydroxyl groups is 1. The molecule has 1 N–H and O–H groups in total. The molecule has 1 heteroatoms. The molecule has 176 valence electrons. The molecule has 0 bridgehead atoms. The highest BCUT2D eigenvalue weighted by molar-refractivity contribution is 5.21. The highest BCUT2D eigenvalue weighted by Crippen LogP contribution is 2.80. The Morgan fingerprint density at radius 2 is 1.39 bits per heavy atom. The standard InChI is InChI=1S/C30H50O/c1-20-9-12-29(19-31)15-14-27(5)21(24(20)29)7-8-23-26(4)13-16-30(17-18-30)25(2,3)22(26)10-11-28(23,27)6/h20-24,31H,7-19H2,1-6H3/t20-,21?,22?,23?,24?,26+,27-,28-,29-/m1/s1. The van der Waals surface area contributed by atoms with Crippen molar-refractivity contribution in [3.63, 3.8) is 0 Å². The van der Waals surface area contributed by atoms with E-state index in [2.05, 4.69) is 41.5 Å². The van der Waals surface area contributed by atoms with Gasteiger partial charge < -0.3 is 5.11 Å². The van der Waals surface area contributed by atoms with E-state index in [4.69, 9.17) is 0 Å². The zero-order valence-corrected chi connectivity index (χ0v) is 21.5. The lowest BCUT2D eigenvalue weighted by atomic mass is 9.31. The molecule has 0 aromatic rings. The third-order valence-electron chi connectivity index (χ3n) is 14.7. The lowest BCUT2D eigenvalue weighted by Gasteiger charge is -2.73. The Morgan fingerprint density at radius 3 is 2.06 bits per heavy atom. The van der Waals surface area contributed by atoms with Gasteiger partial charge in [0.05, 0.1) is 0 Å². The van der Waals surface area contributed by atoms with Gasteiger partial charge in [-0.15, -0.1) is 0 Å². The minimum atomic E-state index is 0.263. The Morgan fingerprint density at radius 1 is 0.677 bits per heavy atom. The van der Waals surface area contributed by atoms with Crippen molar-refractivity contribution in [1.82, 2.24) is 0 Å². The van der Waals surface area contributed by atoms with Crippen LogP contribution in [-0.4, -0.2) is 11.7 Å². The zero-order chi connectivity index (χ0) is 22.1. The summed E-state index contributed by atoms with van der Waals surface area (Å²) in [5.41, 5.74) is 3.03. The minimum Gasteiger partial charge on any atom is -0.396 e. The maximum atomic E-state index is 10.5. The Hall–Kier alpha value is -0.0400. The highest BCUT2D eigenvalue weighted by Gasteiger charge is 2.72. The van der Waals surface area contributed by atoms with Gasteiger partial charge in [-0.3, -0.25) is 0 Å². The van der Waals surface area contributed by atoms with Crippen molar-refractivity contribution in [2.75, 3.05) is 6.61 Å². The molecule has 9 atom stereocenters. The van der Waals surface area contributed by atoms with Gasteiger partial charge in [-0.1, -0.05) is 41.5 Å². The molecular formula is C30H50O. The molecule has 6 aliphatic carbocycles. The summed E-state index contributed by atoms with van der Waals surface area (Å²) in [5, 5.41) is 10.5. The van der Waals surface area contributed by atoms with E-state index in [1.807, 2.05) is 0 Å². The molecule has 4 unspecified atom stereocenters. The number of aliphatic hydroxyl groups excluding tert-OH is 1. The highest BCUT2D eigenvalue weighted by atomic mass is 16.3. The van der Waals surface area contributed by atoms with Gasteiger partial charge in [-0.05, 0) is 139 Å². The summed E-state index contributed by atoms with van der Waals surface area (Å²) in [6, 6.07) is 0. The van der Waals surface area contributed by atoms with Crippen molar-refractivity contribution in [3.8, 4) is 0 Å². The van der Waals surface area contributed by atoms with Crippen molar-refractivity contribution in [1.29, 1.82) is 0 Å². The zero-order valence-electron chi connectivity index (χ0n) is 21.5. The van der Waals surface area contributed by atoms with E-state index in [-0.39, 0.29) is 5.41 Å². The lowest BCUT2D eigenvalue weighted by molar-refractivity contribution is -0.247. The SMILES string of the molecule is C[C@@H]1CC[C@]2(CO)CC[C@]3(C)C(CCC4[C@@]5(C)CCC6(CC6)C(C)(C)C5CC[C@]43C)C12. The van der Waals surface area contributed by atoms with Crippen LogP contribution in [0.5, 0.6) is 0 Å². The monoisotopic (exact) mass is 426 g/mol. The fraction of sp³-hybridized carbons (Fsp3) is 1.00. The van der Waals surface area contributed by atoms with Crippen LogP contribution in [0.1, 0.15) is 119 Å². The van der Waals surface area contributed by atoms with Gasteiger partial charge in [0.15, 0.2) is 0 Å². The van der Waals surface area contributed by atoms with E-state index in [1.54, 1.807) is 0 Å². The van der Waals surface area contributed by atoms with Crippen molar-refractivity contribution in [2.24, 2.45) is 62.1 Å². The van der Waals surface area contributed by atoms with Gasteiger partial charge in [-0.2, -0.15) is 0 Å². The molecule has 0 saturated heterocycles. The van der Waals surface area contributed by atoms with Crippen molar-refractivity contribution >= 4 is 0 Å². The molecule has 0 amide bonds. The van der Waals surface area contributed by atoms with Crippen LogP contribution in [-0.2, 0) is 0 Å². The van der Waals surface area contributed by atoms with Crippen molar-refractivity contribution in [2.45, 2.75) is 119 Å². The molecule has 0 aromatic carbocycles. The molecule has 6 fully saturated rings. The average molecular weight is 427 g/mol. The topological polar surface area (TPSA) is 20.2 Å². The first kappa shape index (κ1) is 21.5. The van der Waals surface area contributed by atoms with Crippen LogP contribution in [0.4, 0.5) is 0 Å². The van der Waals surface area contributed by atoms with E-state index in [0.29, 0.717) is 33.7 Å². The summed E-state index contributed by atoms with van der Waals surface area (Å²) in [6.45, 7) is 16.6. The van der Waals surface area contributed by atoms with Crippen LogP contribution in [0.3, 0.4) is 0 Å².